The van der Waals surface area contributed by atoms with Crippen LogP contribution in [0, 0.1) is 0 Å². The van der Waals surface area contributed by atoms with Crippen LogP contribution in [0.15, 0.2) is 10.7 Å². The fourth-order valence-corrected chi connectivity index (χ4v) is 1.63. The Labute approximate surface area is 83.4 Å². The summed E-state index contributed by atoms with van der Waals surface area (Å²) < 4.78 is 10.8. The standard InChI is InChI=1S/C10H16N2O2/c1-7(11)9-6-14-10(12-9)5-8-3-2-4-13-8/h6-8H,2-5,11H2,1H3. The molecule has 2 heterocycles. The minimum absolute atomic E-state index is 0.0583. The van der Waals surface area contributed by atoms with Gasteiger partial charge in [0.25, 0.3) is 0 Å². The third kappa shape index (κ3) is 2.13. The highest BCUT2D eigenvalue weighted by Crippen LogP contribution is 2.18. The summed E-state index contributed by atoms with van der Waals surface area (Å²) in [5.74, 6) is 0.740. The van der Waals surface area contributed by atoms with E-state index in [-0.39, 0.29) is 12.1 Å². The number of hydrogen-bond acceptors (Lipinski definition) is 4. The summed E-state index contributed by atoms with van der Waals surface area (Å²) in [6.45, 7) is 2.76. The van der Waals surface area contributed by atoms with Crippen LogP contribution in [0.1, 0.15) is 37.4 Å². The molecule has 1 aliphatic heterocycles. The van der Waals surface area contributed by atoms with Crippen molar-refractivity contribution in [3.8, 4) is 0 Å². The second-order valence-electron chi connectivity index (χ2n) is 3.79. The van der Waals surface area contributed by atoms with E-state index in [1.807, 2.05) is 6.92 Å². The van der Waals surface area contributed by atoms with Gasteiger partial charge in [-0.2, -0.15) is 0 Å². The van der Waals surface area contributed by atoms with Crippen molar-refractivity contribution in [1.29, 1.82) is 0 Å². The molecule has 0 aromatic carbocycles. The van der Waals surface area contributed by atoms with Gasteiger partial charge in [-0.1, -0.05) is 0 Å². The van der Waals surface area contributed by atoms with E-state index in [2.05, 4.69) is 4.98 Å². The molecule has 0 aliphatic carbocycles. The molecule has 0 saturated carbocycles. The number of aromatic nitrogens is 1. The monoisotopic (exact) mass is 196 g/mol. The number of rotatable bonds is 3. The van der Waals surface area contributed by atoms with Crippen LogP contribution in [-0.2, 0) is 11.2 Å². The van der Waals surface area contributed by atoms with Gasteiger partial charge in [0.15, 0.2) is 5.89 Å². The maximum atomic E-state index is 5.68. The molecule has 1 saturated heterocycles. The van der Waals surface area contributed by atoms with Crippen LogP contribution in [0.4, 0.5) is 0 Å². The summed E-state index contributed by atoms with van der Waals surface area (Å²) in [5.41, 5.74) is 6.50. The molecule has 2 unspecified atom stereocenters. The molecule has 2 atom stereocenters. The van der Waals surface area contributed by atoms with Crippen LogP contribution >= 0.6 is 0 Å². The van der Waals surface area contributed by atoms with Gasteiger partial charge in [0, 0.05) is 12.6 Å². The van der Waals surface area contributed by atoms with Crippen molar-refractivity contribution in [3.63, 3.8) is 0 Å². The van der Waals surface area contributed by atoms with Gasteiger partial charge < -0.3 is 14.9 Å². The molecule has 1 aromatic heterocycles. The second kappa shape index (κ2) is 4.11. The average molecular weight is 196 g/mol. The van der Waals surface area contributed by atoms with Crippen molar-refractivity contribution >= 4 is 0 Å². The molecule has 2 rings (SSSR count). The van der Waals surface area contributed by atoms with Gasteiger partial charge in [0.2, 0.25) is 0 Å². The Balaban J connectivity index is 1.95. The molecule has 4 nitrogen and oxygen atoms in total. The molecular weight excluding hydrogens is 180 g/mol. The van der Waals surface area contributed by atoms with Crippen LogP contribution in [0.5, 0.6) is 0 Å². The molecule has 4 heteroatoms. The summed E-state index contributed by atoms with van der Waals surface area (Å²) in [6.07, 6.45) is 4.94. The summed E-state index contributed by atoms with van der Waals surface area (Å²) in [4.78, 5) is 4.30. The van der Waals surface area contributed by atoms with Gasteiger partial charge in [-0.05, 0) is 19.8 Å². The number of nitrogens with zero attached hydrogens (tertiary/aromatic N) is 1. The van der Waals surface area contributed by atoms with E-state index in [4.69, 9.17) is 14.9 Å². The zero-order chi connectivity index (χ0) is 9.97. The molecule has 0 spiro atoms. The third-order valence-corrected chi connectivity index (χ3v) is 2.46. The summed E-state index contributed by atoms with van der Waals surface area (Å²) in [6, 6.07) is -0.0583. The minimum atomic E-state index is -0.0583. The highest BCUT2D eigenvalue weighted by atomic mass is 16.5. The van der Waals surface area contributed by atoms with Crippen molar-refractivity contribution in [2.75, 3.05) is 6.61 Å². The van der Waals surface area contributed by atoms with Crippen LogP contribution < -0.4 is 5.73 Å². The topological polar surface area (TPSA) is 61.3 Å². The molecule has 14 heavy (non-hydrogen) atoms. The maximum Gasteiger partial charge on any atom is 0.196 e. The lowest BCUT2D eigenvalue weighted by atomic mass is 10.2. The van der Waals surface area contributed by atoms with Gasteiger partial charge in [0.1, 0.15) is 6.26 Å². The van der Waals surface area contributed by atoms with Gasteiger partial charge >= 0.3 is 0 Å². The van der Waals surface area contributed by atoms with Gasteiger partial charge in [0.05, 0.1) is 18.2 Å². The van der Waals surface area contributed by atoms with Crippen molar-refractivity contribution < 1.29 is 9.15 Å². The van der Waals surface area contributed by atoms with E-state index in [9.17, 15) is 0 Å². The molecule has 2 N–H and O–H groups in total. The molecule has 0 radical (unpaired) electrons. The Bertz CT molecular complexity index is 290. The highest BCUT2D eigenvalue weighted by molar-refractivity contribution is 5.01. The van der Waals surface area contributed by atoms with Crippen molar-refractivity contribution in [2.24, 2.45) is 5.73 Å². The quantitative estimate of drug-likeness (QED) is 0.794. The molecule has 0 amide bonds. The minimum Gasteiger partial charge on any atom is -0.449 e. The molecule has 1 fully saturated rings. The molecule has 78 valence electrons. The van der Waals surface area contributed by atoms with Crippen LogP contribution in [-0.4, -0.2) is 17.7 Å². The van der Waals surface area contributed by atoms with Crippen LogP contribution in [0.25, 0.3) is 0 Å². The van der Waals surface area contributed by atoms with E-state index in [0.717, 1.165) is 37.5 Å². The molecular formula is C10H16N2O2. The first-order valence-corrected chi connectivity index (χ1v) is 5.07. The normalized spacial score (nSPS) is 24.0. The Kier molecular flexibility index (Phi) is 2.84. The Hall–Kier alpha value is -0.870. The summed E-state index contributed by atoms with van der Waals surface area (Å²) in [5, 5.41) is 0. The van der Waals surface area contributed by atoms with Gasteiger partial charge in [-0.3, -0.25) is 0 Å². The predicted octanol–water partition coefficient (Wildman–Crippen LogP) is 1.42. The lowest BCUT2D eigenvalue weighted by molar-refractivity contribution is 0.106. The first kappa shape index (κ1) is 9.68. The zero-order valence-corrected chi connectivity index (χ0v) is 8.40. The largest absolute Gasteiger partial charge is 0.449 e. The van der Waals surface area contributed by atoms with E-state index in [0.29, 0.717) is 0 Å². The van der Waals surface area contributed by atoms with Crippen molar-refractivity contribution in [3.05, 3.63) is 17.8 Å². The highest BCUT2D eigenvalue weighted by Gasteiger charge is 2.18. The third-order valence-electron chi connectivity index (χ3n) is 2.46. The summed E-state index contributed by atoms with van der Waals surface area (Å²) in [7, 11) is 0. The first-order chi connectivity index (χ1) is 6.75. The van der Waals surface area contributed by atoms with E-state index < -0.39 is 0 Å². The van der Waals surface area contributed by atoms with Crippen LogP contribution in [0.2, 0.25) is 0 Å². The predicted molar refractivity (Wildman–Crippen MR) is 51.8 cm³/mol. The smallest absolute Gasteiger partial charge is 0.196 e. The number of nitrogens with two attached hydrogens (primary N) is 1. The van der Waals surface area contributed by atoms with Gasteiger partial charge in [-0.15, -0.1) is 0 Å². The molecule has 1 aliphatic rings. The number of ether oxygens (including phenoxy) is 1. The SMILES string of the molecule is CC(N)c1coc(CC2CCCO2)n1. The lowest BCUT2D eigenvalue weighted by Gasteiger charge is -2.04. The zero-order valence-electron chi connectivity index (χ0n) is 8.40. The van der Waals surface area contributed by atoms with Crippen molar-refractivity contribution in [1.82, 2.24) is 4.98 Å². The van der Waals surface area contributed by atoms with E-state index >= 15 is 0 Å². The fraction of sp³-hybridized carbons (Fsp3) is 0.700. The van der Waals surface area contributed by atoms with Gasteiger partial charge in [-0.25, -0.2) is 4.98 Å². The van der Waals surface area contributed by atoms with E-state index in [1.165, 1.54) is 0 Å². The number of hydrogen-bond donors (Lipinski definition) is 1. The maximum absolute atomic E-state index is 5.68. The second-order valence-corrected chi connectivity index (χ2v) is 3.79. The van der Waals surface area contributed by atoms with Crippen LogP contribution in [0.3, 0.4) is 0 Å². The average Bonchev–Trinajstić information content (AvgIpc) is 2.75. The lowest BCUT2D eigenvalue weighted by Crippen LogP contribution is -2.10. The molecule has 0 bridgehead atoms. The number of oxazole rings is 1. The van der Waals surface area contributed by atoms with Crippen molar-refractivity contribution in [2.45, 2.75) is 38.3 Å². The van der Waals surface area contributed by atoms with E-state index in [1.54, 1.807) is 6.26 Å². The Morgan fingerprint density at radius 1 is 1.71 bits per heavy atom. The fourth-order valence-electron chi connectivity index (χ4n) is 1.63. The molecule has 1 aromatic rings. The Morgan fingerprint density at radius 3 is 3.14 bits per heavy atom. The first-order valence-electron chi connectivity index (χ1n) is 5.07. The summed E-state index contributed by atoms with van der Waals surface area (Å²) >= 11 is 0. The Morgan fingerprint density at radius 2 is 2.57 bits per heavy atom.